The van der Waals surface area contributed by atoms with Crippen molar-refractivity contribution in [2.45, 2.75) is 58.3 Å². The second-order valence-electron chi connectivity index (χ2n) is 6.62. The van der Waals surface area contributed by atoms with E-state index < -0.39 is 10.0 Å². The summed E-state index contributed by atoms with van der Waals surface area (Å²) in [5.41, 5.74) is 1.75. The van der Waals surface area contributed by atoms with E-state index in [4.69, 9.17) is 0 Å². The van der Waals surface area contributed by atoms with E-state index in [1.54, 1.807) is 8.99 Å². The Bertz CT molecular complexity index is 607. The van der Waals surface area contributed by atoms with Crippen LogP contribution in [0.1, 0.15) is 51.9 Å². The van der Waals surface area contributed by atoms with E-state index in [2.05, 4.69) is 18.9 Å². The lowest BCUT2D eigenvalue weighted by atomic mass is 9.83. The molecule has 21 heavy (non-hydrogen) atoms. The summed E-state index contributed by atoms with van der Waals surface area (Å²) in [6.07, 6.45) is 3.14. The summed E-state index contributed by atoms with van der Waals surface area (Å²) in [4.78, 5) is 0.453. The molecule has 5 nitrogen and oxygen atoms in total. The predicted molar refractivity (Wildman–Crippen MR) is 83.7 cm³/mol. The molecule has 0 saturated carbocycles. The van der Waals surface area contributed by atoms with E-state index in [0.717, 1.165) is 18.5 Å². The fourth-order valence-corrected chi connectivity index (χ4v) is 4.96. The zero-order chi connectivity index (χ0) is 15.8. The first-order valence-corrected chi connectivity index (χ1v) is 9.22. The molecule has 2 heterocycles. The Morgan fingerprint density at radius 1 is 1.14 bits per heavy atom. The zero-order valence-electron chi connectivity index (χ0n) is 13.8. The third kappa shape index (κ3) is 3.01. The van der Waals surface area contributed by atoms with Gasteiger partial charge in [0.1, 0.15) is 4.90 Å². The summed E-state index contributed by atoms with van der Waals surface area (Å²) in [6, 6.07) is 0. The highest BCUT2D eigenvalue weighted by Crippen LogP contribution is 2.34. The molecule has 0 aliphatic carbocycles. The average Bonchev–Trinajstić information content (AvgIpc) is 2.74. The number of nitrogens with zero attached hydrogens (tertiary/aromatic N) is 3. The van der Waals surface area contributed by atoms with Crippen molar-refractivity contribution in [3.05, 3.63) is 11.4 Å². The van der Waals surface area contributed by atoms with E-state index in [1.807, 2.05) is 20.9 Å². The van der Waals surface area contributed by atoms with Crippen molar-refractivity contribution >= 4 is 10.0 Å². The highest BCUT2D eigenvalue weighted by Gasteiger charge is 2.36. The minimum absolute atomic E-state index is 0.238. The first-order valence-electron chi connectivity index (χ1n) is 7.78. The monoisotopic (exact) mass is 313 g/mol. The van der Waals surface area contributed by atoms with Gasteiger partial charge in [-0.3, -0.25) is 4.68 Å². The molecule has 1 aromatic heterocycles. The van der Waals surface area contributed by atoms with Crippen LogP contribution < -0.4 is 0 Å². The summed E-state index contributed by atoms with van der Waals surface area (Å²) < 4.78 is 29.5. The van der Waals surface area contributed by atoms with E-state index in [1.165, 1.54) is 0 Å². The number of sulfonamides is 1. The Hall–Kier alpha value is -0.880. The van der Waals surface area contributed by atoms with Crippen molar-refractivity contribution in [2.75, 3.05) is 13.1 Å². The molecule has 0 unspecified atom stereocenters. The van der Waals surface area contributed by atoms with Crippen molar-refractivity contribution in [1.29, 1.82) is 0 Å². The van der Waals surface area contributed by atoms with Crippen LogP contribution in [0.4, 0.5) is 0 Å². The van der Waals surface area contributed by atoms with E-state index >= 15 is 0 Å². The number of aromatic nitrogens is 2. The molecule has 0 spiro atoms. The molecule has 1 aromatic rings. The number of rotatable bonds is 4. The van der Waals surface area contributed by atoms with Crippen LogP contribution in [0.5, 0.6) is 0 Å². The molecule has 0 aromatic carbocycles. The number of aryl methyl sites for hydroxylation is 2. The topological polar surface area (TPSA) is 55.2 Å². The van der Waals surface area contributed by atoms with Crippen LogP contribution in [-0.4, -0.2) is 35.6 Å². The van der Waals surface area contributed by atoms with Crippen LogP contribution >= 0.6 is 0 Å². The number of hydrogen-bond acceptors (Lipinski definition) is 3. The minimum Gasteiger partial charge on any atom is -0.271 e. The van der Waals surface area contributed by atoms with Crippen molar-refractivity contribution in [1.82, 2.24) is 14.1 Å². The van der Waals surface area contributed by atoms with Gasteiger partial charge < -0.3 is 0 Å². The molecule has 1 aliphatic rings. The molecule has 0 bridgehead atoms. The molecule has 1 saturated heterocycles. The van der Waals surface area contributed by atoms with Gasteiger partial charge in [0.05, 0.1) is 11.4 Å². The lowest BCUT2D eigenvalue weighted by molar-refractivity contribution is 0.195. The van der Waals surface area contributed by atoms with E-state index in [0.29, 0.717) is 36.5 Å². The molecular weight excluding hydrogens is 286 g/mol. The molecule has 1 aliphatic heterocycles. The lowest BCUT2D eigenvalue weighted by Crippen LogP contribution is -2.41. The second-order valence-corrected chi connectivity index (χ2v) is 8.50. The maximum atomic E-state index is 13.0. The molecule has 6 heteroatoms. The van der Waals surface area contributed by atoms with Crippen LogP contribution in [0.3, 0.4) is 0 Å². The van der Waals surface area contributed by atoms with Gasteiger partial charge >= 0.3 is 0 Å². The van der Waals surface area contributed by atoms with Gasteiger partial charge in [-0.15, -0.1) is 0 Å². The third-order valence-electron chi connectivity index (χ3n) is 4.53. The predicted octanol–water partition coefficient (Wildman–Crippen LogP) is 2.36. The van der Waals surface area contributed by atoms with Gasteiger partial charge in [0.2, 0.25) is 10.0 Å². The smallest absolute Gasteiger partial charge is 0.246 e. The van der Waals surface area contributed by atoms with E-state index in [-0.39, 0.29) is 5.41 Å². The summed E-state index contributed by atoms with van der Waals surface area (Å²) >= 11 is 0. The van der Waals surface area contributed by atoms with Gasteiger partial charge in [0.25, 0.3) is 0 Å². The summed E-state index contributed by atoms with van der Waals surface area (Å²) in [5, 5.41) is 4.40. The highest BCUT2D eigenvalue weighted by atomic mass is 32.2. The van der Waals surface area contributed by atoms with Gasteiger partial charge in [0.15, 0.2) is 0 Å². The molecule has 2 rings (SSSR count). The number of hydrogen-bond donors (Lipinski definition) is 0. The molecular formula is C15H27N3O2S. The van der Waals surface area contributed by atoms with Gasteiger partial charge in [-0.25, -0.2) is 8.42 Å². The minimum atomic E-state index is -3.43. The second kappa shape index (κ2) is 5.72. The van der Waals surface area contributed by atoms with Gasteiger partial charge in [-0.1, -0.05) is 27.7 Å². The van der Waals surface area contributed by atoms with Gasteiger partial charge in [0, 0.05) is 20.1 Å². The van der Waals surface area contributed by atoms with Crippen LogP contribution in [0, 0.1) is 5.41 Å². The Labute approximate surface area is 128 Å². The standard InChI is InChI=1S/C15H27N3O2S/c1-6-12-14(13(7-2)17(5)16-12)21(19,20)18-10-8-15(3,4)9-11-18/h6-11H2,1-5H3. The van der Waals surface area contributed by atoms with Crippen molar-refractivity contribution in [2.24, 2.45) is 12.5 Å². The molecule has 0 amide bonds. The maximum absolute atomic E-state index is 13.0. The molecule has 120 valence electrons. The fraction of sp³-hybridized carbons (Fsp3) is 0.800. The van der Waals surface area contributed by atoms with Crippen molar-refractivity contribution in [3.8, 4) is 0 Å². The quantitative estimate of drug-likeness (QED) is 0.857. The number of piperidine rings is 1. The summed E-state index contributed by atoms with van der Waals surface area (Å²) in [7, 11) is -1.60. The zero-order valence-corrected chi connectivity index (χ0v) is 14.6. The first-order chi connectivity index (χ1) is 9.73. The van der Waals surface area contributed by atoms with Crippen LogP contribution in [0.2, 0.25) is 0 Å². The summed E-state index contributed by atoms with van der Waals surface area (Å²) in [5.74, 6) is 0. The molecule has 0 radical (unpaired) electrons. The van der Waals surface area contributed by atoms with E-state index in [9.17, 15) is 8.42 Å². The van der Waals surface area contributed by atoms with Crippen LogP contribution in [-0.2, 0) is 29.9 Å². The Morgan fingerprint density at radius 2 is 1.71 bits per heavy atom. The normalized spacial score (nSPS) is 19.9. The Morgan fingerprint density at radius 3 is 2.19 bits per heavy atom. The fourth-order valence-electron chi connectivity index (χ4n) is 2.98. The Balaban J connectivity index is 2.41. The Kier molecular flexibility index (Phi) is 4.49. The van der Waals surface area contributed by atoms with Gasteiger partial charge in [-0.05, 0) is 31.1 Å². The van der Waals surface area contributed by atoms with Crippen molar-refractivity contribution < 1.29 is 8.42 Å². The summed E-state index contributed by atoms with van der Waals surface area (Å²) in [6.45, 7) is 9.56. The first kappa shape index (κ1) is 16.5. The average molecular weight is 313 g/mol. The molecule has 0 atom stereocenters. The van der Waals surface area contributed by atoms with Crippen LogP contribution in [0.15, 0.2) is 4.90 Å². The highest BCUT2D eigenvalue weighted by molar-refractivity contribution is 7.89. The molecule has 1 fully saturated rings. The molecule has 0 N–H and O–H groups in total. The largest absolute Gasteiger partial charge is 0.271 e. The van der Waals surface area contributed by atoms with Crippen LogP contribution in [0.25, 0.3) is 0 Å². The van der Waals surface area contributed by atoms with Crippen molar-refractivity contribution in [3.63, 3.8) is 0 Å². The maximum Gasteiger partial charge on any atom is 0.246 e. The SMILES string of the molecule is CCc1nn(C)c(CC)c1S(=O)(=O)N1CCC(C)(C)CC1. The third-order valence-corrected chi connectivity index (χ3v) is 6.56. The lowest BCUT2D eigenvalue weighted by Gasteiger charge is -2.36. The van der Waals surface area contributed by atoms with Gasteiger partial charge in [-0.2, -0.15) is 9.40 Å².